The predicted molar refractivity (Wildman–Crippen MR) is 124 cm³/mol. The molecular weight excluding hydrogens is 417 g/mol. The van der Waals surface area contributed by atoms with Gasteiger partial charge in [-0.3, -0.25) is 4.79 Å². The number of hydrogen-bond donors (Lipinski definition) is 0. The molecule has 3 fully saturated rings. The van der Waals surface area contributed by atoms with Gasteiger partial charge in [0, 0.05) is 31.7 Å². The maximum atomic E-state index is 15.2. The molecule has 2 aliphatic carbocycles. The minimum atomic E-state index is -0.568. The van der Waals surface area contributed by atoms with Crippen LogP contribution in [-0.2, 0) is 10.2 Å². The Kier molecular flexibility index (Phi) is 5.78. The fourth-order valence-electron chi connectivity index (χ4n) is 5.55. The molecular formula is C27H31FN3O2. The summed E-state index contributed by atoms with van der Waals surface area (Å²) < 4.78 is 20.6. The van der Waals surface area contributed by atoms with Gasteiger partial charge in [0.1, 0.15) is 5.83 Å². The van der Waals surface area contributed by atoms with Crippen LogP contribution in [-0.4, -0.2) is 55.1 Å². The molecule has 0 N–H and O–H groups in total. The van der Waals surface area contributed by atoms with E-state index in [2.05, 4.69) is 11.0 Å². The number of nitriles is 1. The van der Waals surface area contributed by atoms with Gasteiger partial charge in [-0.1, -0.05) is 18.2 Å². The summed E-state index contributed by atoms with van der Waals surface area (Å²) in [5.41, 5.74) is 2.59. The van der Waals surface area contributed by atoms with Crippen molar-refractivity contribution in [2.45, 2.75) is 32.1 Å². The molecule has 5 nitrogen and oxygen atoms in total. The average Bonchev–Trinajstić information content (AvgIpc) is 3.27. The normalized spacial score (nSPS) is 27.2. The smallest absolute Gasteiger partial charge is 0.253 e. The first kappa shape index (κ1) is 22.2. The average molecular weight is 449 g/mol. The third-order valence-electron chi connectivity index (χ3n) is 7.78. The summed E-state index contributed by atoms with van der Waals surface area (Å²) >= 11 is 0. The highest BCUT2D eigenvalue weighted by Crippen LogP contribution is 2.55. The molecule has 5 rings (SSSR count). The van der Waals surface area contributed by atoms with Crippen molar-refractivity contribution in [3.63, 3.8) is 0 Å². The number of nitrogens with zero attached hydrogens (tertiary/aromatic N) is 3. The quantitative estimate of drug-likeness (QED) is 0.676. The van der Waals surface area contributed by atoms with E-state index in [1.165, 1.54) is 0 Å². The SMILES string of the molecule is CC(C)(C#N)c1ccc(C(=O)N2CC3C(CC4=C(F)C(N5CCOCC5)=CC[CH]4)C3C2)cc1. The molecule has 2 aliphatic heterocycles. The highest BCUT2D eigenvalue weighted by Gasteiger charge is 2.56. The topological polar surface area (TPSA) is 56.6 Å². The molecule has 1 saturated carbocycles. The number of carbonyl (C=O) groups excluding carboxylic acids is 1. The van der Waals surface area contributed by atoms with Gasteiger partial charge in [-0.2, -0.15) is 5.26 Å². The highest BCUT2D eigenvalue weighted by molar-refractivity contribution is 5.94. The van der Waals surface area contributed by atoms with Crippen molar-refractivity contribution in [2.75, 3.05) is 39.4 Å². The van der Waals surface area contributed by atoms with Crippen LogP contribution >= 0.6 is 0 Å². The maximum absolute atomic E-state index is 15.2. The Morgan fingerprint density at radius 3 is 2.48 bits per heavy atom. The number of halogens is 1. The molecule has 1 aromatic carbocycles. The van der Waals surface area contributed by atoms with E-state index in [0.717, 1.165) is 55.9 Å². The highest BCUT2D eigenvalue weighted by atomic mass is 19.1. The van der Waals surface area contributed by atoms with E-state index in [-0.39, 0.29) is 11.7 Å². The van der Waals surface area contributed by atoms with Crippen LogP contribution in [0.2, 0.25) is 0 Å². The molecule has 0 spiro atoms. The van der Waals surface area contributed by atoms with E-state index in [4.69, 9.17) is 4.74 Å². The van der Waals surface area contributed by atoms with Crippen molar-refractivity contribution in [1.29, 1.82) is 5.26 Å². The van der Waals surface area contributed by atoms with Gasteiger partial charge < -0.3 is 14.5 Å². The van der Waals surface area contributed by atoms with Crippen LogP contribution in [0.4, 0.5) is 4.39 Å². The zero-order valence-corrected chi connectivity index (χ0v) is 19.4. The molecule has 173 valence electrons. The molecule has 6 heteroatoms. The summed E-state index contributed by atoms with van der Waals surface area (Å²) in [7, 11) is 0. The van der Waals surface area contributed by atoms with Crippen LogP contribution in [0.3, 0.4) is 0 Å². The van der Waals surface area contributed by atoms with Crippen molar-refractivity contribution < 1.29 is 13.9 Å². The first-order chi connectivity index (χ1) is 15.9. The second kappa shape index (κ2) is 8.61. The summed E-state index contributed by atoms with van der Waals surface area (Å²) in [6.45, 7) is 8.04. The largest absolute Gasteiger partial charge is 0.378 e. The Morgan fingerprint density at radius 2 is 1.85 bits per heavy atom. The van der Waals surface area contributed by atoms with Crippen LogP contribution < -0.4 is 0 Å². The monoisotopic (exact) mass is 448 g/mol. The lowest BCUT2D eigenvalue weighted by Crippen LogP contribution is -2.36. The summed E-state index contributed by atoms with van der Waals surface area (Å²) in [4.78, 5) is 17.0. The fraction of sp³-hybridized carbons (Fsp3) is 0.519. The Balaban J connectivity index is 1.18. The molecule has 2 saturated heterocycles. The third-order valence-corrected chi connectivity index (χ3v) is 7.78. The minimum Gasteiger partial charge on any atom is -0.378 e. The number of hydrogen-bond acceptors (Lipinski definition) is 4. The second-order valence-corrected chi connectivity index (χ2v) is 10.2. The number of morpholine rings is 1. The maximum Gasteiger partial charge on any atom is 0.253 e. The number of fused-ring (bicyclic) bond motifs is 1. The minimum absolute atomic E-state index is 0.0504. The van der Waals surface area contributed by atoms with Gasteiger partial charge in [0.15, 0.2) is 0 Å². The first-order valence-electron chi connectivity index (χ1n) is 11.9. The lowest BCUT2D eigenvalue weighted by molar-refractivity contribution is 0.0531. The lowest BCUT2D eigenvalue weighted by atomic mass is 9.86. The predicted octanol–water partition coefficient (Wildman–Crippen LogP) is 4.24. The van der Waals surface area contributed by atoms with E-state index in [9.17, 15) is 10.1 Å². The van der Waals surface area contributed by atoms with Crippen molar-refractivity contribution in [3.05, 3.63) is 65.0 Å². The van der Waals surface area contributed by atoms with Gasteiger partial charge in [0.05, 0.1) is 30.4 Å². The molecule has 0 aromatic heterocycles. The van der Waals surface area contributed by atoms with Crippen molar-refractivity contribution in [3.8, 4) is 6.07 Å². The zero-order valence-electron chi connectivity index (χ0n) is 19.4. The molecule has 2 atom stereocenters. The Bertz CT molecular complexity index is 1020. The number of rotatable bonds is 5. The molecule has 2 unspecified atom stereocenters. The molecule has 2 heterocycles. The summed E-state index contributed by atoms with van der Waals surface area (Å²) in [6, 6.07) is 9.71. The third kappa shape index (κ3) is 4.19. The van der Waals surface area contributed by atoms with E-state index in [0.29, 0.717) is 36.5 Å². The lowest BCUT2D eigenvalue weighted by Gasteiger charge is -2.32. The summed E-state index contributed by atoms with van der Waals surface area (Å²) in [6.07, 6.45) is 5.56. The van der Waals surface area contributed by atoms with E-state index >= 15 is 4.39 Å². The number of piperidine rings is 1. The van der Waals surface area contributed by atoms with Crippen LogP contribution in [0, 0.1) is 35.5 Å². The molecule has 1 aromatic rings. The van der Waals surface area contributed by atoms with Crippen molar-refractivity contribution >= 4 is 5.91 Å². The molecule has 33 heavy (non-hydrogen) atoms. The zero-order chi connectivity index (χ0) is 23.2. The van der Waals surface area contributed by atoms with E-state index < -0.39 is 5.41 Å². The van der Waals surface area contributed by atoms with Gasteiger partial charge in [-0.25, -0.2) is 4.39 Å². The molecule has 0 bridgehead atoms. The summed E-state index contributed by atoms with van der Waals surface area (Å²) in [5.74, 6) is 1.39. The number of likely N-dealkylation sites (tertiary alicyclic amines) is 1. The Hall–Kier alpha value is -2.65. The van der Waals surface area contributed by atoms with Gasteiger partial charge in [-0.15, -0.1) is 0 Å². The number of carbonyl (C=O) groups is 1. The number of amides is 1. The first-order valence-corrected chi connectivity index (χ1v) is 11.9. The second-order valence-electron chi connectivity index (χ2n) is 10.2. The number of benzene rings is 1. The summed E-state index contributed by atoms with van der Waals surface area (Å²) in [5, 5.41) is 9.31. The van der Waals surface area contributed by atoms with Gasteiger partial charge in [0.25, 0.3) is 5.91 Å². The molecule has 1 amide bonds. The van der Waals surface area contributed by atoms with Crippen molar-refractivity contribution in [2.24, 2.45) is 17.8 Å². The van der Waals surface area contributed by atoms with Gasteiger partial charge >= 0.3 is 0 Å². The Labute approximate surface area is 195 Å². The van der Waals surface area contributed by atoms with Crippen LogP contribution in [0.15, 0.2) is 47.4 Å². The number of allylic oxidation sites excluding steroid dienone is 3. The van der Waals surface area contributed by atoms with E-state index in [1.807, 2.05) is 55.5 Å². The number of ether oxygens (including phenoxy) is 1. The Morgan fingerprint density at radius 1 is 1.18 bits per heavy atom. The standard InChI is InChI=1S/C27H31FN3O2/c1-27(2,17-29)20-8-6-18(7-9-20)26(32)31-15-22-21(23(22)16-31)14-19-4-3-5-24(25(19)28)30-10-12-33-13-11-30/h4-9,21-23H,3,10-16H2,1-2H3. The van der Waals surface area contributed by atoms with Gasteiger partial charge in [-0.05, 0) is 74.1 Å². The fourth-order valence-corrected chi connectivity index (χ4v) is 5.55. The van der Waals surface area contributed by atoms with Crippen molar-refractivity contribution in [1.82, 2.24) is 9.80 Å². The van der Waals surface area contributed by atoms with Crippen LogP contribution in [0.25, 0.3) is 0 Å². The van der Waals surface area contributed by atoms with Crippen LogP contribution in [0.5, 0.6) is 0 Å². The van der Waals surface area contributed by atoms with E-state index in [1.54, 1.807) is 0 Å². The van der Waals surface area contributed by atoms with Crippen LogP contribution in [0.1, 0.15) is 42.6 Å². The molecule has 4 aliphatic rings. The van der Waals surface area contributed by atoms with Gasteiger partial charge in [0.2, 0.25) is 0 Å². The molecule has 1 radical (unpaired) electrons.